The first-order valence-corrected chi connectivity index (χ1v) is 10.4. The average Bonchev–Trinajstić information content (AvgIpc) is 3.12. The molecule has 0 saturated carbocycles. The van der Waals surface area contributed by atoms with E-state index >= 15 is 0 Å². The van der Waals surface area contributed by atoms with Gasteiger partial charge in [0.2, 0.25) is 0 Å². The Bertz CT molecular complexity index is 1150. The maximum atomic E-state index is 9.88. The van der Waals surface area contributed by atoms with E-state index in [9.17, 15) is 5.11 Å². The van der Waals surface area contributed by atoms with Crippen LogP contribution >= 0.6 is 11.3 Å². The number of aromatic hydroxyl groups is 1. The molecule has 4 rings (SSSR count). The number of phenols is 1. The molecule has 0 unspecified atom stereocenters. The normalized spacial score (nSPS) is 11.9. The number of aryl methyl sites for hydroxylation is 3. The number of nitrogens with zero attached hydrogens (tertiary/aromatic N) is 3. The number of thiophene rings is 1. The molecule has 1 N–H and O–H groups in total. The molecular weight excluding hydrogens is 354 g/mol. The van der Waals surface area contributed by atoms with Crippen molar-refractivity contribution >= 4 is 27.1 Å². The third kappa shape index (κ3) is 2.81. The first-order chi connectivity index (χ1) is 12.9. The van der Waals surface area contributed by atoms with Gasteiger partial charge >= 0.3 is 0 Å². The Kier molecular flexibility index (Phi) is 4.42. The van der Waals surface area contributed by atoms with Crippen molar-refractivity contribution in [3.63, 3.8) is 0 Å². The number of phenolic OH excluding ortho intramolecular Hbond substituents is 1. The molecule has 140 valence electrons. The minimum absolute atomic E-state index is 0.301. The van der Waals surface area contributed by atoms with Crippen LogP contribution in [0.2, 0.25) is 0 Å². The van der Waals surface area contributed by atoms with Crippen molar-refractivity contribution in [3.8, 4) is 16.3 Å². The Morgan fingerprint density at radius 1 is 1.11 bits per heavy atom. The van der Waals surface area contributed by atoms with Crippen molar-refractivity contribution in [2.24, 2.45) is 0 Å². The highest BCUT2D eigenvalue weighted by atomic mass is 32.1. The molecule has 0 amide bonds. The molecule has 0 fully saturated rings. The standard InChI is InChI=1S/C22H25N3OS/c1-6-15(7-2)18-10-12(3)24-25-20(14(5)23-22(18)25)21-13(4)17-11-16(26)8-9-19(17)27-21/h8-11,15,26H,6-7H2,1-5H3. The van der Waals surface area contributed by atoms with Gasteiger partial charge < -0.3 is 5.11 Å². The fraction of sp³-hybridized carbons (Fsp3) is 0.364. The summed E-state index contributed by atoms with van der Waals surface area (Å²) in [6, 6.07) is 7.77. The first-order valence-electron chi connectivity index (χ1n) is 9.53. The zero-order valence-electron chi connectivity index (χ0n) is 16.5. The van der Waals surface area contributed by atoms with Gasteiger partial charge in [0.25, 0.3) is 0 Å². The molecule has 0 bridgehead atoms. The summed E-state index contributed by atoms with van der Waals surface area (Å²) in [4.78, 5) is 6.11. The van der Waals surface area contributed by atoms with Gasteiger partial charge in [0.05, 0.1) is 16.3 Å². The largest absolute Gasteiger partial charge is 0.508 e. The van der Waals surface area contributed by atoms with Gasteiger partial charge in [-0.2, -0.15) is 5.10 Å². The van der Waals surface area contributed by atoms with Gasteiger partial charge in [-0.15, -0.1) is 11.3 Å². The second-order valence-corrected chi connectivity index (χ2v) is 8.32. The summed E-state index contributed by atoms with van der Waals surface area (Å²) in [6.45, 7) is 10.7. The zero-order valence-corrected chi connectivity index (χ0v) is 17.3. The Hall–Kier alpha value is -2.40. The van der Waals surface area contributed by atoms with Crippen molar-refractivity contribution in [3.05, 3.63) is 46.8 Å². The Labute approximate surface area is 163 Å². The zero-order chi connectivity index (χ0) is 19.3. The number of rotatable bonds is 4. The monoisotopic (exact) mass is 379 g/mol. The summed E-state index contributed by atoms with van der Waals surface area (Å²) in [7, 11) is 0. The van der Waals surface area contributed by atoms with E-state index in [1.165, 1.54) is 20.7 Å². The minimum atomic E-state index is 0.301. The molecule has 4 aromatic rings. The lowest BCUT2D eigenvalue weighted by molar-refractivity contribution is 0.476. The molecule has 0 radical (unpaired) electrons. The summed E-state index contributed by atoms with van der Waals surface area (Å²) in [5.41, 5.74) is 6.51. The smallest absolute Gasteiger partial charge is 0.158 e. The molecule has 5 heteroatoms. The Morgan fingerprint density at radius 3 is 2.56 bits per heavy atom. The summed E-state index contributed by atoms with van der Waals surface area (Å²) in [5.74, 6) is 0.791. The molecule has 0 aliphatic rings. The maximum absolute atomic E-state index is 9.88. The number of aromatic nitrogens is 3. The topological polar surface area (TPSA) is 50.4 Å². The summed E-state index contributed by atoms with van der Waals surface area (Å²) in [5, 5.41) is 15.8. The maximum Gasteiger partial charge on any atom is 0.158 e. The molecule has 0 atom stereocenters. The highest BCUT2D eigenvalue weighted by molar-refractivity contribution is 7.22. The summed E-state index contributed by atoms with van der Waals surface area (Å²) < 4.78 is 3.21. The average molecular weight is 380 g/mol. The van der Waals surface area contributed by atoms with Crippen LogP contribution in [0.5, 0.6) is 5.75 Å². The molecular formula is C22H25N3OS. The number of hydrogen-bond acceptors (Lipinski definition) is 4. The Balaban J connectivity index is 2.03. The van der Waals surface area contributed by atoms with Crippen LogP contribution in [0.4, 0.5) is 0 Å². The first kappa shape index (κ1) is 18.0. The molecule has 0 aliphatic carbocycles. The number of imidazole rings is 1. The fourth-order valence-corrected chi connectivity index (χ4v) is 5.27. The van der Waals surface area contributed by atoms with Gasteiger partial charge in [-0.25, -0.2) is 9.50 Å². The van der Waals surface area contributed by atoms with Crippen molar-refractivity contribution in [2.75, 3.05) is 0 Å². The summed E-state index contributed by atoms with van der Waals surface area (Å²) >= 11 is 1.74. The number of benzene rings is 1. The van der Waals surface area contributed by atoms with Gasteiger partial charge in [-0.3, -0.25) is 0 Å². The predicted octanol–water partition coefficient (Wildman–Crippen LogP) is 6.15. The van der Waals surface area contributed by atoms with Gasteiger partial charge in [0, 0.05) is 10.3 Å². The van der Waals surface area contributed by atoms with E-state index in [0.29, 0.717) is 11.7 Å². The van der Waals surface area contributed by atoms with Crippen molar-refractivity contribution in [1.29, 1.82) is 0 Å². The third-order valence-electron chi connectivity index (χ3n) is 5.47. The lowest BCUT2D eigenvalue weighted by atomic mass is 9.95. The molecule has 0 spiro atoms. The molecule has 4 nitrogen and oxygen atoms in total. The number of hydrogen-bond donors (Lipinski definition) is 1. The molecule has 3 heterocycles. The third-order valence-corrected chi connectivity index (χ3v) is 6.75. The quantitative estimate of drug-likeness (QED) is 0.463. The highest BCUT2D eigenvalue weighted by Crippen LogP contribution is 2.41. The van der Waals surface area contributed by atoms with Crippen LogP contribution in [0.15, 0.2) is 24.3 Å². The van der Waals surface area contributed by atoms with Gasteiger partial charge in [0.1, 0.15) is 11.4 Å². The second-order valence-electron chi connectivity index (χ2n) is 7.27. The van der Waals surface area contributed by atoms with Gasteiger partial charge in [-0.1, -0.05) is 13.8 Å². The van der Waals surface area contributed by atoms with Crippen molar-refractivity contribution in [2.45, 2.75) is 53.4 Å². The predicted molar refractivity (Wildman–Crippen MR) is 113 cm³/mol. The van der Waals surface area contributed by atoms with E-state index in [-0.39, 0.29) is 0 Å². The van der Waals surface area contributed by atoms with Crippen LogP contribution in [-0.4, -0.2) is 19.7 Å². The van der Waals surface area contributed by atoms with Gasteiger partial charge in [-0.05, 0) is 74.7 Å². The molecule has 1 aromatic carbocycles. The highest BCUT2D eigenvalue weighted by Gasteiger charge is 2.22. The second kappa shape index (κ2) is 6.64. The van der Waals surface area contributed by atoms with E-state index in [1.807, 2.05) is 16.6 Å². The molecule has 3 aromatic heterocycles. The van der Waals surface area contributed by atoms with Gasteiger partial charge in [0.15, 0.2) is 5.65 Å². The van der Waals surface area contributed by atoms with E-state index in [4.69, 9.17) is 10.1 Å². The summed E-state index contributed by atoms with van der Waals surface area (Å²) in [6.07, 6.45) is 2.19. The van der Waals surface area contributed by atoms with E-state index in [1.54, 1.807) is 17.4 Å². The van der Waals surface area contributed by atoms with Crippen LogP contribution in [0.3, 0.4) is 0 Å². The Morgan fingerprint density at radius 2 is 1.85 bits per heavy atom. The van der Waals surface area contributed by atoms with Crippen molar-refractivity contribution in [1.82, 2.24) is 14.6 Å². The van der Waals surface area contributed by atoms with Crippen LogP contribution in [0.1, 0.15) is 55.1 Å². The van der Waals surface area contributed by atoms with Crippen LogP contribution in [0.25, 0.3) is 26.3 Å². The lowest BCUT2D eigenvalue weighted by Crippen LogP contribution is -2.05. The lowest BCUT2D eigenvalue weighted by Gasteiger charge is -2.14. The SMILES string of the molecule is CCC(CC)c1cc(C)nn2c(-c3sc4ccc(O)cc4c3C)c(C)nc12. The minimum Gasteiger partial charge on any atom is -0.508 e. The van der Waals surface area contributed by atoms with Crippen molar-refractivity contribution < 1.29 is 5.11 Å². The molecule has 0 saturated heterocycles. The van der Waals surface area contributed by atoms with Crippen LogP contribution in [0, 0.1) is 20.8 Å². The van der Waals surface area contributed by atoms with E-state index < -0.39 is 0 Å². The van der Waals surface area contributed by atoms with E-state index in [0.717, 1.165) is 41.0 Å². The molecule has 27 heavy (non-hydrogen) atoms. The molecule has 0 aliphatic heterocycles. The fourth-order valence-electron chi connectivity index (χ4n) is 4.00. The number of fused-ring (bicyclic) bond motifs is 2. The van der Waals surface area contributed by atoms with Crippen LogP contribution < -0.4 is 0 Å². The van der Waals surface area contributed by atoms with E-state index in [2.05, 4.69) is 40.7 Å². The van der Waals surface area contributed by atoms with Crippen LogP contribution in [-0.2, 0) is 0 Å².